The minimum Gasteiger partial charge on any atom is -0.494 e. The van der Waals surface area contributed by atoms with Crippen molar-refractivity contribution in [3.05, 3.63) is 50.6 Å². The second-order valence-corrected chi connectivity index (χ2v) is 10.5. The maximum Gasteiger partial charge on any atom is 0.341 e. The van der Waals surface area contributed by atoms with Crippen molar-refractivity contribution < 1.29 is 19.7 Å². The Morgan fingerprint density at radius 2 is 2.00 bits per heavy atom. The number of aliphatic hydroxyl groups is 1. The molecule has 1 aromatic carbocycles. The molecule has 2 N–H and O–H groups in total. The van der Waals surface area contributed by atoms with Crippen LogP contribution in [0.2, 0.25) is 0 Å². The van der Waals surface area contributed by atoms with E-state index in [2.05, 4.69) is 11.0 Å². The molecule has 3 heterocycles. The minimum absolute atomic E-state index is 0.189. The second kappa shape index (κ2) is 7.68. The van der Waals surface area contributed by atoms with E-state index in [0.29, 0.717) is 22.7 Å². The molecule has 0 radical (unpaired) electrons. The van der Waals surface area contributed by atoms with Gasteiger partial charge in [0, 0.05) is 46.7 Å². The first-order chi connectivity index (χ1) is 16.0. The van der Waals surface area contributed by atoms with Gasteiger partial charge in [0.15, 0.2) is 5.75 Å². The predicted molar refractivity (Wildman–Crippen MR) is 127 cm³/mol. The lowest BCUT2D eigenvalue weighted by Crippen LogP contribution is -2.52. The smallest absolute Gasteiger partial charge is 0.341 e. The van der Waals surface area contributed by atoms with Gasteiger partial charge in [-0.3, -0.25) is 9.69 Å². The molecule has 172 valence electrons. The molecular weight excluding hydrogens is 440 g/mol. The number of β-amino-alcohol motifs (C(OH)–C–C–N with tert-alkyl or cyclic N) is 1. The number of likely N-dealkylation sites (tertiary alicyclic amines) is 1. The molecule has 33 heavy (non-hydrogen) atoms. The Hall–Kier alpha value is -2.68. The van der Waals surface area contributed by atoms with Crippen molar-refractivity contribution in [3.8, 4) is 16.2 Å². The molecule has 0 amide bonds. The number of nitrogens with zero attached hydrogens (tertiary/aromatic N) is 2. The number of rotatable bonds is 5. The third-order valence-electron chi connectivity index (χ3n) is 7.20. The Morgan fingerprint density at radius 1 is 1.21 bits per heavy atom. The van der Waals surface area contributed by atoms with Crippen LogP contribution in [0.3, 0.4) is 0 Å². The van der Waals surface area contributed by atoms with Crippen LogP contribution in [0.4, 0.5) is 0 Å². The maximum absolute atomic E-state index is 13.0. The molecule has 1 atom stereocenters. The van der Waals surface area contributed by atoms with Gasteiger partial charge in [-0.1, -0.05) is 0 Å². The molecule has 1 saturated heterocycles. The number of aryl methyl sites for hydroxylation is 1. The molecule has 0 bridgehead atoms. The largest absolute Gasteiger partial charge is 0.494 e. The topological polar surface area (TPSA) is 92.0 Å². The summed E-state index contributed by atoms with van der Waals surface area (Å²) >= 11 is 1.77. The predicted octanol–water partition coefficient (Wildman–Crippen LogP) is 3.83. The van der Waals surface area contributed by atoms with Crippen molar-refractivity contribution in [2.24, 2.45) is 0 Å². The third-order valence-corrected chi connectivity index (χ3v) is 8.44. The zero-order valence-corrected chi connectivity index (χ0v) is 19.2. The summed E-state index contributed by atoms with van der Waals surface area (Å²) in [5.74, 6) is -0.574. The van der Waals surface area contributed by atoms with E-state index < -0.39 is 11.4 Å². The first-order valence-electron chi connectivity index (χ1n) is 11.5. The van der Waals surface area contributed by atoms with Crippen molar-refractivity contribution in [1.82, 2.24) is 9.47 Å². The molecule has 1 unspecified atom stereocenters. The molecule has 2 fully saturated rings. The average Bonchev–Trinajstić information content (AvgIpc) is 3.53. The van der Waals surface area contributed by atoms with Crippen molar-refractivity contribution in [3.63, 3.8) is 0 Å². The Bertz CT molecular complexity index is 1330. The van der Waals surface area contributed by atoms with Crippen LogP contribution in [0, 0.1) is 0 Å². The van der Waals surface area contributed by atoms with E-state index in [1.807, 2.05) is 10.6 Å². The summed E-state index contributed by atoms with van der Waals surface area (Å²) in [6.45, 7) is 1.46. The molecule has 8 heteroatoms. The molecule has 3 aliphatic rings. The Balaban J connectivity index is 1.52. The number of pyridine rings is 1. The molecule has 2 aromatic heterocycles. The molecular formula is C25H26N2O5S. The van der Waals surface area contributed by atoms with Crippen LogP contribution in [-0.2, 0) is 6.42 Å². The SMILES string of the molecule is COc1c(-c2cc3c(s2)CCCC3N2CC(O)C2)ccc2c(=O)c(C(=O)O)cn(C3CC3)c12. The highest BCUT2D eigenvalue weighted by atomic mass is 32.1. The van der Waals surface area contributed by atoms with Gasteiger partial charge in [0.05, 0.1) is 24.1 Å². The van der Waals surface area contributed by atoms with Crippen LogP contribution >= 0.6 is 11.3 Å². The third kappa shape index (κ3) is 3.31. The van der Waals surface area contributed by atoms with Crippen LogP contribution in [0.25, 0.3) is 21.3 Å². The van der Waals surface area contributed by atoms with Gasteiger partial charge in [-0.2, -0.15) is 0 Å². The van der Waals surface area contributed by atoms with Gasteiger partial charge in [0.25, 0.3) is 0 Å². The number of methoxy groups -OCH3 is 1. The van der Waals surface area contributed by atoms with E-state index in [0.717, 1.165) is 55.6 Å². The first-order valence-corrected chi connectivity index (χ1v) is 12.3. The number of benzene rings is 1. The number of carboxylic acids is 1. The normalized spacial score (nSPS) is 21.1. The summed E-state index contributed by atoms with van der Waals surface area (Å²) < 4.78 is 7.83. The fourth-order valence-electron chi connectivity index (χ4n) is 5.40. The quantitative estimate of drug-likeness (QED) is 0.594. The Labute approximate surface area is 194 Å². The van der Waals surface area contributed by atoms with Gasteiger partial charge in [-0.15, -0.1) is 11.3 Å². The number of hydrogen-bond acceptors (Lipinski definition) is 6. The van der Waals surface area contributed by atoms with E-state index in [4.69, 9.17) is 4.74 Å². The van der Waals surface area contributed by atoms with Crippen molar-refractivity contribution >= 4 is 28.2 Å². The van der Waals surface area contributed by atoms with Crippen LogP contribution in [0.1, 0.15) is 58.6 Å². The number of aromatic carboxylic acids is 1. The van der Waals surface area contributed by atoms with Gasteiger partial charge in [0.2, 0.25) is 5.43 Å². The number of thiophene rings is 1. The van der Waals surface area contributed by atoms with Crippen molar-refractivity contribution in [2.75, 3.05) is 20.2 Å². The zero-order chi connectivity index (χ0) is 22.9. The Morgan fingerprint density at radius 3 is 2.67 bits per heavy atom. The van der Waals surface area contributed by atoms with E-state index >= 15 is 0 Å². The highest BCUT2D eigenvalue weighted by Crippen LogP contribution is 2.47. The van der Waals surface area contributed by atoms with Gasteiger partial charge < -0.3 is 19.5 Å². The van der Waals surface area contributed by atoms with Gasteiger partial charge >= 0.3 is 5.97 Å². The van der Waals surface area contributed by atoms with Gasteiger partial charge in [0.1, 0.15) is 5.56 Å². The lowest BCUT2D eigenvalue weighted by atomic mass is 9.90. The highest BCUT2D eigenvalue weighted by molar-refractivity contribution is 7.15. The molecule has 1 aliphatic heterocycles. The minimum atomic E-state index is -1.20. The molecule has 2 aliphatic carbocycles. The van der Waals surface area contributed by atoms with Crippen molar-refractivity contribution in [2.45, 2.75) is 50.3 Å². The van der Waals surface area contributed by atoms with Crippen LogP contribution in [0.15, 0.2) is 29.2 Å². The number of aliphatic hydroxyl groups excluding tert-OH is 1. The number of aromatic nitrogens is 1. The highest BCUT2D eigenvalue weighted by Gasteiger charge is 2.36. The monoisotopic (exact) mass is 466 g/mol. The van der Waals surface area contributed by atoms with Crippen LogP contribution < -0.4 is 10.2 Å². The number of carbonyl (C=O) groups is 1. The lowest BCUT2D eigenvalue weighted by molar-refractivity contribution is -0.0293. The molecule has 0 spiro atoms. The molecule has 6 rings (SSSR count). The summed E-state index contributed by atoms with van der Waals surface area (Å²) in [5.41, 5.74) is 2.29. The standard InChI is InChI=1S/C25H26N2O5S/c1-32-24-15(21-9-17-19(26-10-14(28)11-26)3-2-4-20(17)33-21)7-8-16-22(24)27(13-5-6-13)12-18(23(16)29)25(30)31/h7-9,12-14,19,28H,2-6,10-11H2,1H3,(H,30,31). The van der Waals surface area contributed by atoms with Gasteiger partial charge in [-0.05, 0) is 55.9 Å². The summed E-state index contributed by atoms with van der Waals surface area (Å²) in [6, 6.07) is 6.43. The summed E-state index contributed by atoms with van der Waals surface area (Å²) in [4.78, 5) is 29.5. The molecule has 3 aromatic rings. The zero-order valence-electron chi connectivity index (χ0n) is 18.4. The fourth-order valence-corrected chi connectivity index (χ4v) is 6.68. The lowest BCUT2D eigenvalue weighted by Gasteiger charge is -2.43. The van der Waals surface area contributed by atoms with Gasteiger partial charge in [-0.25, -0.2) is 4.79 Å². The number of hydrogen-bond donors (Lipinski definition) is 2. The van der Waals surface area contributed by atoms with E-state index in [1.54, 1.807) is 24.5 Å². The summed E-state index contributed by atoms with van der Waals surface area (Å²) in [5, 5.41) is 19.7. The fraction of sp³-hybridized carbons (Fsp3) is 0.440. The summed E-state index contributed by atoms with van der Waals surface area (Å²) in [7, 11) is 1.61. The second-order valence-electron chi connectivity index (χ2n) is 9.36. The van der Waals surface area contributed by atoms with Crippen molar-refractivity contribution in [1.29, 1.82) is 0 Å². The van der Waals surface area contributed by atoms with E-state index in [1.165, 1.54) is 16.6 Å². The van der Waals surface area contributed by atoms with Crippen LogP contribution in [-0.4, -0.2) is 52.0 Å². The number of ether oxygens (including phenoxy) is 1. The maximum atomic E-state index is 13.0. The summed E-state index contributed by atoms with van der Waals surface area (Å²) in [6.07, 6.45) is 6.48. The molecule has 7 nitrogen and oxygen atoms in total. The number of fused-ring (bicyclic) bond motifs is 2. The number of carboxylic acid groups (broad SMARTS) is 1. The van der Waals surface area contributed by atoms with Crippen LogP contribution in [0.5, 0.6) is 5.75 Å². The first kappa shape index (κ1) is 20.9. The van der Waals surface area contributed by atoms with E-state index in [-0.39, 0.29) is 17.7 Å². The molecule has 1 saturated carbocycles. The Kier molecular flexibility index (Phi) is 4.87. The van der Waals surface area contributed by atoms with E-state index in [9.17, 15) is 19.8 Å². The average molecular weight is 467 g/mol.